The molecule has 98 valence electrons. The maximum Gasteiger partial charge on any atom is 0.311 e. The molecule has 0 radical (unpaired) electrons. The molecule has 2 rings (SSSR count). The van der Waals surface area contributed by atoms with Gasteiger partial charge in [-0.2, -0.15) is 0 Å². The van der Waals surface area contributed by atoms with Crippen molar-refractivity contribution in [3.8, 4) is 0 Å². The van der Waals surface area contributed by atoms with Gasteiger partial charge in [-0.3, -0.25) is 4.79 Å². The van der Waals surface area contributed by atoms with E-state index < -0.39 is 11.9 Å². The number of rotatable bonds is 4. The molecule has 0 heterocycles. The van der Waals surface area contributed by atoms with Crippen LogP contribution in [0.1, 0.15) is 22.6 Å². The first-order valence-corrected chi connectivity index (χ1v) is 6.90. The van der Waals surface area contributed by atoms with Gasteiger partial charge in [0, 0.05) is 4.47 Å². The second kappa shape index (κ2) is 6.02. The summed E-state index contributed by atoms with van der Waals surface area (Å²) in [7, 11) is 0. The summed E-state index contributed by atoms with van der Waals surface area (Å²) in [5.74, 6) is -1.30. The molecule has 1 N–H and O–H groups in total. The van der Waals surface area contributed by atoms with Crippen molar-refractivity contribution in [1.82, 2.24) is 0 Å². The monoisotopic (exact) mass is 318 g/mol. The summed E-state index contributed by atoms with van der Waals surface area (Å²) in [4.78, 5) is 11.6. The van der Waals surface area contributed by atoms with Crippen LogP contribution in [0.2, 0.25) is 0 Å². The smallest absolute Gasteiger partial charge is 0.311 e. The molecule has 0 aliphatic heterocycles. The van der Waals surface area contributed by atoms with E-state index in [0.29, 0.717) is 6.42 Å². The van der Waals surface area contributed by atoms with Crippen molar-refractivity contribution in [1.29, 1.82) is 0 Å². The second-order valence-corrected chi connectivity index (χ2v) is 5.40. The molecule has 0 saturated heterocycles. The van der Waals surface area contributed by atoms with E-state index in [1.54, 1.807) is 0 Å². The van der Waals surface area contributed by atoms with Gasteiger partial charge in [-0.15, -0.1) is 0 Å². The lowest BCUT2D eigenvalue weighted by Gasteiger charge is -2.16. The summed E-state index contributed by atoms with van der Waals surface area (Å²) in [5, 5.41) is 9.49. The molecule has 0 saturated carbocycles. The van der Waals surface area contributed by atoms with Crippen LogP contribution >= 0.6 is 15.9 Å². The Morgan fingerprint density at radius 1 is 1.16 bits per heavy atom. The topological polar surface area (TPSA) is 37.3 Å². The van der Waals surface area contributed by atoms with Gasteiger partial charge >= 0.3 is 5.97 Å². The van der Waals surface area contributed by atoms with Gasteiger partial charge in [-0.05, 0) is 36.1 Å². The summed E-state index contributed by atoms with van der Waals surface area (Å²) in [6.45, 7) is 1.95. The third-order valence-corrected chi connectivity index (χ3v) is 4.02. The third-order valence-electron chi connectivity index (χ3n) is 3.24. The minimum absolute atomic E-state index is 0.488. The Bertz CT molecular complexity index is 593. The molecule has 1 atom stereocenters. The van der Waals surface area contributed by atoms with Crippen LogP contribution in [0.4, 0.5) is 0 Å². The van der Waals surface area contributed by atoms with Gasteiger partial charge in [0.1, 0.15) is 0 Å². The summed E-state index contributed by atoms with van der Waals surface area (Å²) >= 11 is 3.47. The van der Waals surface area contributed by atoms with E-state index in [4.69, 9.17) is 0 Å². The molecule has 2 aromatic carbocycles. The number of aliphatic carboxylic acids is 1. The molecule has 0 amide bonds. The van der Waals surface area contributed by atoms with Crippen LogP contribution < -0.4 is 0 Å². The van der Waals surface area contributed by atoms with E-state index >= 15 is 0 Å². The minimum atomic E-state index is -0.787. The van der Waals surface area contributed by atoms with Gasteiger partial charge in [0.2, 0.25) is 0 Å². The number of hydrogen-bond donors (Lipinski definition) is 1. The number of carbonyl (C=O) groups is 1. The number of halogens is 1. The molecule has 1 unspecified atom stereocenters. The van der Waals surface area contributed by atoms with E-state index in [9.17, 15) is 9.90 Å². The SMILES string of the molecule is Cc1ccccc1C(Cc1ccccc1Br)C(=O)O. The van der Waals surface area contributed by atoms with Crippen LogP contribution in [0.5, 0.6) is 0 Å². The number of carboxylic acids is 1. The number of aryl methyl sites for hydroxylation is 1. The minimum Gasteiger partial charge on any atom is -0.481 e. The summed E-state index contributed by atoms with van der Waals surface area (Å²) in [6, 6.07) is 15.4. The quantitative estimate of drug-likeness (QED) is 0.918. The lowest BCUT2D eigenvalue weighted by Crippen LogP contribution is -2.15. The highest BCUT2D eigenvalue weighted by Crippen LogP contribution is 2.27. The summed E-state index contributed by atoms with van der Waals surface area (Å²) in [5.41, 5.74) is 2.91. The number of hydrogen-bond acceptors (Lipinski definition) is 1. The first kappa shape index (κ1) is 13.8. The van der Waals surface area contributed by atoms with Crippen molar-refractivity contribution in [2.45, 2.75) is 19.3 Å². The molecule has 0 fully saturated rings. The summed E-state index contributed by atoms with van der Waals surface area (Å²) in [6.07, 6.45) is 0.488. The van der Waals surface area contributed by atoms with E-state index in [-0.39, 0.29) is 0 Å². The van der Waals surface area contributed by atoms with E-state index in [2.05, 4.69) is 15.9 Å². The molecule has 0 aromatic heterocycles. The lowest BCUT2D eigenvalue weighted by atomic mass is 9.89. The summed E-state index contributed by atoms with van der Waals surface area (Å²) < 4.78 is 0.954. The highest BCUT2D eigenvalue weighted by atomic mass is 79.9. The van der Waals surface area contributed by atoms with Gasteiger partial charge in [0.15, 0.2) is 0 Å². The number of benzene rings is 2. The van der Waals surface area contributed by atoms with Gasteiger partial charge in [-0.1, -0.05) is 58.4 Å². The standard InChI is InChI=1S/C16H15BrO2/c1-11-6-2-4-8-13(11)14(16(18)19)10-12-7-3-5-9-15(12)17/h2-9,14H,10H2,1H3,(H,18,19). The van der Waals surface area contributed by atoms with Crippen LogP contribution in [0.3, 0.4) is 0 Å². The zero-order chi connectivity index (χ0) is 13.8. The molecule has 2 aromatic rings. The van der Waals surface area contributed by atoms with E-state index in [0.717, 1.165) is 21.2 Å². The van der Waals surface area contributed by atoms with Crippen molar-refractivity contribution in [2.24, 2.45) is 0 Å². The fourth-order valence-electron chi connectivity index (χ4n) is 2.19. The van der Waals surface area contributed by atoms with Gasteiger partial charge in [0.05, 0.1) is 5.92 Å². The molecule has 3 heteroatoms. The molecule has 0 spiro atoms. The van der Waals surface area contributed by atoms with Crippen LogP contribution in [0.25, 0.3) is 0 Å². The predicted octanol–water partition coefficient (Wildman–Crippen LogP) is 4.17. The fraction of sp³-hybridized carbons (Fsp3) is 0.188. The average molecular weight is 319 g/mol. The van der Waals surface area contributed by atoms with Crippen LogP contribution in [0.15, 0.2) is 53.0 Å². The molecule has 0 aliphatic rings. The highest BCUT2D eigenvalue weighted by Gasteiger charge is 2.22. The van der Waals surface area contributed by atoms with Gasteiger partial charge in [-0.25, -0.2) is 0 Å². The Hall–Kier alpha value is -1.61. The van der Waals surface area contributed by atoms with E-state index in [1.807, 2.05) is 55.5 Å². The molecule has 0 aliphatic carbocycles. The molecule has 19 heavy (non-hydrogen) atoms. The first-order chi connectivity index (χ1) is 9.09. The van der Waals surface area contributed by atoms with Crippen LogP contribution in [0, 0.1) is 6.92 Å². The van der Waals surface area contributed by atoms with Crippen molar-refractivity contribution in [2.75, 3.05) is 0 Å². The maximum absolute atomic E-state index is 11.6. The van der Waals surface area contributed by atoms with Gasteiger partial charge in [0.25, 0.3) is 0 Å². The van der Waals surface area contributed by atoms with Crippen molar-refractivity contribution < 1.29 is 9.90 Å². The third kappa shape index (κ3) is 3.24. The Kier molecular flexibility index (Phi) is 4.38. The second-order valence-electron chi connectivity index (χ2n) is 4.54. The average Bonchev–Trinajstić information content (AvgIpc) is 2.38. The van der Waals surface area contributed by atoms with Crippen molar-refractivity contribution in [3.05, 3.63) is 69.7 Å². The normalized spacial score (nSPS) is 12.1. The molecule has 2 nitrogen and oxygen atoms in total. The van der Waals surface area contributed by atoms with Crippen molar-refractivity contribution in [3.63, 3.8) is 0 Å². The predicted molar refractivity (Wildman–Crippen MR) is 79.4 cm³/mol. The Morgan fingerprint density at radius 2 is 1.79 bits per heavy atom. The van der Waals surface area contributed by atoms with Crippen LogP contribution in [-0.4, -0.2) is 11.1 Å². The highest BCUT2D eigenvalue weighted by molar-refractivity contribution is 9.10. The zero-order valence-corrected chi connectivity index (χ0v) is 12.2. The zero-order valence-electron chi connectivity index (χ0n) is 10.6. The Balaban J connectivity index is 2.35. The largest absolute Gasteiger partial charge is 0.481 e. The maximum atomic E-state index is 11.6. The Labute approximate surface area is 121 Å². The molecular weight excluding hydrogens is 304 g/mol. The Morgan fingerprint density at radius 3 is 2.42 bits per heavy atom. The van der Waals surface area contributed by atoms with Crippen molar-refractivity contribution >= 4 is 21.9 Å². The molecular formula is C16H15BrO2. The van der Waals surface area contributed by atoms with Gasteiger partial charge < -0.3 is 5.11 Å². The fourth-order valence-corrected chi connectivity index (χ4v) is 2.64. The van der Waals surface area contributed by atoms with Crippen LogP contribution in [-0.2, 0) is 11.2 Å². The first-order valence-electron chi connectivity index (χ1n) is 6.11. The lowest BCUT2D eigenvalue weighted by molar-refractivity contribution is -0.138. The number of carboxylic acid groups (broad SMARTS) is 1. The van der Waals surface area contributed by atoms with E-state index in [1.165, 1.54) is 0 Å². The molecule has 0 bridgehead atoms.